The van der Waals surface area contributed by atoms with Crippen molar-refractivity contribution in [2.24, 2.45) is 0 Å². The third-order valence-electron chi connectivity index (χ3n) is 3.26. The zero-order valence-electron chi connectivity index (χ0n) is 11.6. The van der Waals surface area contributed by atoms with Crippen LogP contribution in [0.25, 0.3) is 0 Å². The van der Waals surface area contributed by atoms with Crippen molar-refractivity contribution in [3.8, 4) is 0 Å². The molecular weight excluding hydrogens is 276 g/mol. The Morgan fingerprint density at radius 2 is 1.90 bits per heavy atom. The molecule has 1 aliphatic rings. The van der Waals surface area contributed by atoms with E-state index >= 15 is 0 Å². The molecule has 6 heteroatoms. The van der Waals surface area contributed by atoms with Crippen LogP contribution in [-0.4, -0.2) is 51.7 Å². The van der Waals surface area contributed by atoms with E-state index in [9.17, 15) is 13.2 Å². The number of benzene rings is 1. The van der Waals surface area contributed by atoms with Gasteiger partial charge in [0.05, 0.1) is 5.75 Å². The predicted octanol–water partition coefficient (Wildman–Crippen LogP) is 0.667. The number of carbonyl (C=O) groups is 1. The molecule has 2 rings (SSSR count). The molecule has 0 saturated carbocycles. The molecule has 0 unspecified atom stereocenters. The van der Waals surface area contributed by atoms with Gasteiger partial charge in [-0.05, 0) is 30.7 Å². The van der Waals surface area contributed by atoms with Gasteiger partial charge in [-0.15, -0.1) is 0 Å². The number of amides is 1. The van der Waals surface area contributed by atoms with Crippen LogP contribution in [0.15, 0.2) is 24.3 Å². The Kier molecular flexibility index (Phi) is 4.77. The summed E-state index contributed by atoms with van der Waals surface area (Å²) in [6.07, 6.45) is 2.16. The van der Waals surface area contributed by atoms with Gasteiger partial charge in [0.2, 0.25) is 0 Å². The summed E-state index contributed by atoms with van der Waals surface area (Å²) in [5.41, 5.74) is 1.32. The maximum Gasteiger partial charge on any atom is 0.253 e. The molecule has 1 amide bonds. The first-order valence-corrected chi connectivity index (χ1v) is 8.78. The molecule has 0 aromatic heterocycles. The standard InChI is InChI=1S/C14H20N2O3S/c1-20(18,19)11-12-3-5-13(6-4-12)14(17)16-9-2-7-15-8-10-16/h3-6,15H,2,7-11H2,1H3. The number of sulfone groups is 1. The van der Waals surface area contributed by atoms with Gasteiger partial charge >= 0.3 is 0 Å². The normalized spacial score (nSPS) is 16.8. The molecule has 1 aromatic carbocycles. The average molecular weight is 296 g/mol. The fourth-order valence-electron chi connectivity index (χ4n) is 2.28. The van der Waals surface area contributed by atoms with Gasteiger partial charge in [0.15, 0.2) is 9.84 Å². The maximum absolute atomic E-state index is 12.3. The average Bonchev–Trinajstić information content (AvgIpc) is 2.66. The summed E-state index contributed by atoms with van der Waals surface area (Å²) >= 11 is 0. The highest BCUT2D eigenvalue weighted by Crippen LogP contribution is 2.11. The van der Waals surface area contributed by atoms with Gasteiger partial charge in [-0.2, -0.15) is 0 Å². The number of nitrogens with zero attached hydrogens (tertiary/aromatic N) is 1. The van der Waals surface area contributed by atoms with E-state index in [4.69, 9.17) is 0 Å². The summed E-state index contributed by atoms with van der Waals surface area (Å²) < 4.78 is 22.4. The molecule has 0 atom stereocenters. The van der Waals surface area contributed by atoms with Crippen LogP contribution in [0.3, 0.4) is 0 Å². The van der Waals surface area contributed by atoms with E-state index in [2.05, 4.69) is 5.32 Å². The van der Waals surface area contributed by atoms with Crippen molar-refractivity contribution in [1.82, 2.24) is 10.2 Å². The van der Waals surface area contributed by atoms with Gasteiger partial charge < -0.3 is 10.2 Å². The molecule has 5 nitrogen and oxygen atoms in total. The fraction of sp³-hybridized carbons (Fsp3) is 0.500. The van der Waals surface area contributed by atoms with Gasteiger partial charge in [0, 0.05) is 31.5 Å². The fourth-order valence-corrected chi connectivity index (χ4v) is 3.08. The van der Waals surface area contributed by atoms with E-state index in [-0.39, 0.29) is 11.7 Å². The minimum absolute atomic E-state index is 0.00903. The van der Waals surface area contributed by atoms with Crippen LogP contribution in [-0.2, 0) is 15.6 Å². The van der Waals surface area contributed by atoms with Crippen molar-refractivity contribution in [1.29, 1.82) is 0 Å². The van der Waals surface area contributed by atoms with Gasteiger partial charge in [0.25, 0.3) is 5.91 Å². The lowest BCUT2D eigenvalue weighted by Crippen LogP contribution is -2.34. The first kappa shape index (κ1) is 15.0. The molecule has 0 bridgehead atoms. The maximum atomic E-state index is 12.3. The summed E-state index contributed by atoms with van der Waals surface area (Å²) in [5, 5.41) is 3.26. The van der Waals surface area contributed by atoms with Crippen molar-refractivity contribution < 1.29 is 13.2 Å². The Morgan fingerprint density at radius 1 is 1.20 bits per heavy atom. The number of nitrogens with one attached hydrogen (secondary N) is 1. The molecule has 1 N–H and O–H groups in total. The van der Waals surface area contributed by atoms with Crippen LogP contribution >= 0.6 is 0 Å². The molecule has 1 heterocycles. The molecule has 1 saturated heterocycles. The number of carbonyl (C=O) groups excluding carboxylic acids is 1. The Morgan fingerprint density at radius 3 is 2.55 bits per heavy atom. The monoisotopic (exact) mass is 296 g/mol. The van der Waals surface area contributed by atoms with E-state index in [0.717, 1.165) is 26.1 Å². The zero-order chi connectivity index (χ0) is 14.6. The molecule has 0 radical (unpaired) electrons. The minimum atomic E-state index is -3.04. The molecule has 1 fully saturated rings. The summed E-state index contributed by atoms with van der Waals surface area (Å²) in [6, 6.07) is 6.84. The summed E-state index contributed by atoms with van der Waals surface area (Å²) in [4.78, 5) is 14.2. The molecule has 1 aliphatic heterocycles. The van der Waals surface area contributed by atoms with E-state index in [1.165, 1.54) is 6.26 Å². The van der Waals surface area contributed by atoms with E-state index < -0.39 is 9.84 Å². The Hall–Kier alpha value is -1.40. The lowest BCUT2D eigenvalue weighted by molar-refractivity contribution is 0.0766. The van der Waals surface area contributed by atoms with Crippen LogP contribution in [0.4, 0.5) is 0 Å². The van der Waals surface area contributed by atoms with E-state index in [1.807, 2.05) is 4.90 Å². The first-order chi connectivity index (χ1) is 9.46. The topological polar surface area (TPSA) is 66.5 Å². The van der Waals surface area contributed by atoms with Crippen LogP contribution in [0.5, 0.6) is 0 Å². The van der Waals surface area contributed by atoms with Gasteiger partial charge in [-0.3, -0.25) is 4.79 Å². The minimum Gasteiger partial charge on any atom is -0.337 e. The molecule has 110 valence electrons. The largest absolute Gasteiger partial charge is 0.337 e. The quantitative estimate of drug-likeness (QED) is 0.890. The number of hydrogen-bond acceptors (Lipinski definition) is 4. The van der Waals surface area contributed by atoms with Crippen LogP contribution in [0.1, 0.15) is 22.3 Å². The van der Waals surface area contributed by atoms with Crippen LogP contribution < -0.4 is 5.32 Å². The lowest BCUT2D eigenvalue weighted by Gasteiger charge is -2.20. The molecular formula is C14H20N2O3S. The highest BCUT2D eigenvalue weighted by Gasteiger charge is 2.17. The number of rotatable bonds is 3. The van der Waals surface area contributed by atoms with Gasteiger partial charge in [-0.1, -0.05) is 12.1 Å². The van der Waals surface area contributed by atoms with Crippen molar-refractivity contribution in [3.63, 3.8) is 0 Å². The first-order valence-electron chi connectivity index (χ1n) is 6.72. The summed E-state index contributed by atoms with van der Waals surface area (Å²) in [7, 11) is -3.04. The Balaban J connectivity index is 2.07. The predicted molar refractivity (Wildman–Crippen MR) is 78.4 cm³/mol. The van der Waals surface area contributed by atoms with Gasteiger partial charge in [0.1, 0.15) is 0 Å². The Labute approximate surface area is 119 Å². The third-order valence-corrected chi connectivity index (χ3v) is 4.11. The zero-order valence-corrected chi connectivity index (χ0v) is 12.4. The highest BCUT2D eigenvalue weighted by atomic mass is 32.2. The van der Waals surface area contributed by atoms with Crippen molar-refractivity contribution in [2.75, 3.05) is 32.4 Å². The van der Waals surface area contributed by atoms with Gasteiger partial charge in [-0.25, -0.2) is 8.42 Å². The van der Waals surface area contributed by atoms with Crippen LogP contribution in [0, 0.1) is 0 Å². The smallest absolute Gasteiger partial charge is 0.253 e. The molecule has 20 heavy (non-hydrogen) atoms. The van der Waals surface area contributed by atoms with Crippen LogP contribution in [0.2, 0.25) is 0 Å². The molecule has 0 aliphatic carbocycles. The second kappa shape index (κ2) is 6.37. The van der Waals surface area contributed by atoms with Crippen molar-refractivity contribution in [3.05, 3.63) is 35.4 Å². The summed E-state index contributed by atoms with van der Waals surface area (Å²) in [5.74, 6) is 0.0226. The van der Waals surface area contributed by atoms with E-state index in [1.54, 1.807) is 24.3 Å². The highest BCUT2D eigenvalue weighted by molar-refractivity contribution is 7.89. The Bertz CT molecular complexity index is 559. The molecule has 1 aromatic rings. The third kappa shape index (κ3) is 4.31. The second-order valence-electron chi connectivity index (χ2n) is 5.16. The molecule has 0 spiro atoms. The second-order valence-corrected chi connectivity index (χ2v) is 7.30. The number of hydrogen-bond donors (Lipinski definition) is 1. The van der Waals surface area contributed by atoms with E-state index in [0.29, 0.717) is 17.7 Å². The summed E-state index contributed by atoms with van der Waals surface area (Å²) in [6.45, 7) is 3.23. The van der Waals surface area contributed by atoms with Crippen molar-refractivity contribution in [2.45, 2.75) is 12.2 Å². The van der Waals surface area contributed by atoms with Crippen molar-refractivity contribution >= 4 is 15.7 Å². The lowest BCUT2D eigenvalue weighted by atomic mass is 10.1. The SMILES string of the molecule is CS(=O)(=O)Cc1ccc(C(=O)N2CCCNCC2)cc1.